The van der Waals surface area contributed by atoms with Gasteiger partial charge in [0.2, 0.25) is 5.91 Å². The highest BCUT2D eigenvalue weighted by molar-refractivity contribution is 6.07. The molecule has 12 atom stereocenters. The Balaban J connectivity index is 1.28. The van der Waals surface area contributed by atoms with Crippen LogP contribution in [0.5, 0.6) is 0 Å². The smallest absolute Gasteiger partial charge is 0.340 e. The molecule has 1 saturated heterocycles. The van der Waals surface area contributed by atoms with E-state index in [4.69, 9.17) is 18.9 Å². The van der Waals surface area contributed by atoms with Crippen molar-refractivity contribution in [2.45, 2.75) is 101 Å². The minimum absolute atomic E-state index is 0.0309. The molecule has 4 saturated carbocycles. The molecule has 3 N–H and O–H groups in total. The standard InChI is InChI=1S/C41H55N3O8/c1-8-44-23-38(52-37(46)28-13-9-10-14-30(28)43-34(45)19-24(2)27-12-11-17-42-22-27)16-15-33(50-6)40-31(38)20-29(35(40)44)39(47,21-26(4)49-5)41(48)32(40)18-25(3)36(41)51-7/h9-14,17,19,22,25-26,29,31-33,35-36,47-48H,8,15-16,18,20-21,23H2,1-7H3,(H,43,45)/b24-19+/t25-,26+,29?,31+,32-,33-,35-,36-,38+,39-,40?,41-/m0/s1. The molecule has 2 heterocycles. The fourth-order valence-corrected chi connectivity index (χ4v) is 12.2. The molecule has 5 fully saturated rings. The van der Waals surface area contributed by atoms with Crippen LogP contribution in [0.3, 0.4) is 0 Å². The number of methoxy groups -OCH3 is 3. The second kappa shape index (κ2) is 13.6. The van der Waals surface area contributed by atoms with Crippen LogP contribution in [0.25, 0.3) is 5.57 Å². The highest BCUT2D eigenvalue weighted by Crippen LogP contribution is 2.77. The Morgan fingerprint density at radius 3 is 2.54 bits per heavy atom. The van der Waals surface area contributed by atoms with Crippen molar-refractivity contribution in [1.82, 2.24) is 9.88 Å². The van der Waals surface area contributed by atoms with Gasteiger partial charge in [0, 0.05) is 82.0 Å². The first kappa shape index (κ1) is 37.1. The van der Waals surface area contributed by atoms with Gasteiger partial charge in [-0.2, -0.15) is 0 Å². The molecule has 7 rings (SSSR count). The van der Waals surface area contributed by atoms with E-state index in [1.807, 2.05) is 26.0 Å². The highest BCUT2D eigenvalue weighted by Gasteiger charge is 2.87. The van der Waals surface area contributed by atoms with Gasteiger partial charge in [-0.1, -0.05) is 32.0 Å². The van der Waals surface area contributed by atoms with E-state index < -0.39 is 34.3 Å². The second-order valence-corrected chi connectivity index (χ2v) is 16.1. The van der Waals surface area contributed by atoms with Gasteiger partial charge in [0.25, 0.3) is 0 Å². The number of hydrogen-bond donors (Lipinski definition) is 3. The number of aromatic nitrogens is 1. The van der Waals surface area contributed by atoms with Crippen molar-refractivity contribution in [3.8, 4) is 0 Å². The number of likely N-dealkylation sites (N-methyl/N-ethyl adjacent to an activating group) is 1. The number of benzene rings is 1. The van der Waals surface area contributed by atoms with Crippen molar-refractivity contribution in [2.24, 2.45) is 29.1 Å². The number of nitrogens with one attached hydrogen (secondary N) is 1. The third-order valence-corrected chi connectivity index (χ3v) is 14.0. The lowest BCUT2D eigenvalue weighted by Gasteiger charge is -2.70. The summed E-state index contributed by atoms with van der Waals surface area (Å²) in [6.45, 7) is 9.16. The maximum Gasteiger partial charge on any atom is 0.340 e. The van der Waals surface area contributed by atoms with Gasteiger partial charge in [0.1, 0.15) is 16.8 Å². The normalized spacial score (nSPS) is 39.9. The van der Waals surface area contributed by atoms with Crippen molar-refractivity contribution in [2.75, 3.05) is 39.7 Å². The Labute approximate surface area is 307 Å². The lowest BCUT2D eigenvalue weighted by molar-refractivity contribution is -0.330. The molecular formula is C41H55N3O8. The number of carbonyl (C=O) groups is 2. The zero-order valence-electron chi connectivity index (χ0n) is 31.5. The zero-order chi connectivity index (χ0) is 37.2. The lowest BCUT2D eigenvalue weighted by atomic mass is 9.44. The monoisotopic (exact) mass is 717 g/mol. The number of para-hydroxylation sites is 1. The van der Waals surface area contributed by atoms with Gasteiger partial charge in [-0.25, -0.2) is 4.79 Å². The van der Waals surface area contributed by atoms with Gasteiger partial charge >= 0.3 is 5.97 Å². The maximum absolute atomic E-state index is 14.5. The van der Waals surface area contributed by atoms with E-state index in [9.17, 15) is 19.8 Å². The van der Waals surface area contributed by atoms with Crippen LogP contribution in [-0.2, 0) is 23.7 Å². The van der Waals surface area contributed by atoms with Crippen molar-refractivity contribution in [1.29, 1.82) is 0 Å². The van der Waals surface area contributed by atoms with Crippen LogP contribution < -0.4 is 5.32 Å². The van der Waals surface area contributed by atoms with E-state index in [1.165, 1.54) is 6.08 Å². The van der Waals surface area contributed by atoms with Crippen LogP contribution in [0.4, 0.5) is 5.69 Å². The molecule has 5 bridgehead atoms. The Morgan fingerprint density at radius 1 is 1.10 bits per heavy atom. The summed E-state index contributed by atoms with van der Waals surface area (Å²) < 4.78 is 25.2. The van der Waals surface area contributed by atoms with Gasteiger partial charge in [-0.05, 0) is 81.3 Å². The molecule has 1 aromatic heterocycles. The number of nitrogens with zero attached hydrogens (tertiary/aromatic N) is 2. The number of ether oxygens (including phenoxy) is 4. The maximum atomic E-state index is 14.5. The minimum atomic E-state index is -1.58. The second-order valence-electron chi connectivity index (χ2n) is 16.1. The average Bonchev–Trinajstić information content (AvgIpc) is 3.56. The summed E-state index contributed by atoms with van der Waals surface area (Å²) in [6, 6.07) is 10.5. The number of anilines is 1. The number of fused-ring (bicyclic) bond motifs is 1. The number of pyridine rings is 1. The average molecular weight is 718 g/mol. The number of carbonyl (C=O) groups excluding carboxylic acids is 2. The Bertz CT molecular complexity index is 1710. The summed E-state index contributed by atoms with van der Waals surface area (Å²) in [6.07, 6.45) is 6.40. The first-order chi connectivity index (χ1) is 24.9. The molecule has 4 aliphatic carbocycles. The molecule has 2 unspecified atom stereocenters. The number of hydrogen-bond acceptors (Lipinski definition) is 10. The molecule has 282 valence electrons. The molecule has 1 amide bonds. The first-order valence-electron chi connectivity index (χ1n) is 18.8. The molecule has 11 nitrogen and oxygen atoms in total. The van der Waals surface area contributed by atoms with E-state index in [0.717, 1.165) is 11.1 Å². The third kappa shape index (κ3) is 5.17. The van der Waals surface area contributed by atoms with E-state index >= 15 is 0 Å². The summed E-state index contributed by atoms with van der Waals surface area (Å²) in [5.41, 5.74) is -2.46. The molecule has 11 heteroatoms. The quantitative estimate of drug-likeness (QED) is 0.221. The largest absolute Gasteiger partial charge is 0.454 e. The molecule has 1 aliphatic heterocycles. The lowest BCUT2D eigenvalue weighted by Crippen LogP contribution is -2.82. The fraction of sp³-hybridized carbons (Fsp3) is 0.634. The number of aliphatic hydroxyl groups is 2. The number of allylic oxidation sites excluding steroid dienone is 1. The fourth-order valence-electron chi connectivity index (χ4n) is 12.2. The van der Waals surface area contributed by atoms with Crippen LogP contribution in [0.2, 0.25) is 0 Å². The van der Waals surface area contributed by atoms with Gasteiger partial charge < -0.3 is 34.5 Å². The van der Waals surface area contributed by atoms with E-state index in [-0.39, 0.29) is 59.8 Å². The van der Waals surface area contributed by atoms with Crippen LogP contribution in [0.1, 0.15) is 75.7 Å². The van der Waals surface area contributed by atoms with Crippen LogP contribution in [-0.4, -0.2) is 108 Å². The molecule has 1 spiro atoms. The molecule has 52 heavy (non-hydrogen) atoms. The SMILES string of the molecule is CCN1C[C@]2(OC(=O)c3ccccc3NC(=O)/C=C(\C)c3cccnc3)CC[C@H](OC)C34[C@@H]1C(C[C@@H]32)[C@@](O)(C[C@@H](C)OC)[C@@]1(O)[C@@H](OC)[C@@H](C)C[C@@H]41. The van der Waals surface area contributed by atoms with E-state index in [2.05, 4.69) is 29.0 Å². The van der Waals surface area contributed by atoms with Crippen molar-refractivity contribution >= 4 is 23.1 Å². The third-order valence-electron chi connectivity index (χ3n) is 14.0. The van der Waals surface area contributed by atoms with Crippen LogP contribution >= 0.6 is 0 Å². The highest BCUT2D eigenvalue weighted by atomic mass is 16.6. The van der Waals surface area contributed by atoms with Gasteiger partial charge in [0.15, 0.2) is 0 Å². The van der Waals surface area contributed by atoms with Crippen molar-refractivity contribution < 1.29 is 38.7 Å². The summed E-state index contributed by atoms with van der Waals surface area (Å²) in [7, 11) is 5.01. The number of piperidine rings is 1. The molecule has 2 aromatic rings. The summed E-state index contributed by atoms with van der Waals surface area (Å²) in [4.78, 5) is 34.3. The van der Waals surface area contributed by atoms with Crippen LogP contribution in [0, 0.1) is 29.1 Å². The Kier molecular flexibility index (Phi) is 9.70. The summed E-state index contributed by atoms with van der Waals surface area (Å²) in [5, 5.41) is 29.4. The first-order valence-corrected chi connectivity index (χ1v) is 18.8. The number of likely N-dealkylation sites (tertiary alicyclic amines) is 1. The van der Waals surface area contributed by atoms with E-state index in [1.54, 1.807) is 58.0 Å². The summed E-state index contributed by atoms with van der Waals surface area (Å²) >= 11 is 0. The number of rotatable bonds is 11. The predicted octanol–water partition coefficient (Wildman–Crippen LogP) is 4.73. The van der Waals surface area contributed by atoms with Crippen molar-refractivity contribution in [3.05, 3.63) is 66.0 Å². The molecule has 1 aromatic carbocycles. The molecule has 5 aliphatic rings. The Morgan fingerprint density at radius 2 is 1.87 bits per heavy atom. The van der Waals surface area contributed by atoms with E-state index in [0.29, 0.717) is 44.5 Å². The number of esters is 1. The topological polar surface area (TPSA) is 140 Å². The minimum Gasteiger partial charge on any atom is -0.454 e. The zero-order valence-corrected chi connectivity index (χ0v) is 31.5. The van der Waals surface area contributed by atoms with Gasteiger partial charge in [-0.15, -0.1) is 0 Å². The van der Waals surface area contributed by atoms with Gasteiger partial charge in [0.05, 0.1) is 29.6 Å². The Hall–Kier alpha value is -3.19. The molecule has 0 radical (unpaired) electrons. The number of amides is 1. The summed E-state index contributed by atoms with van der Waals surface area (Å²) in [5.74, 6) is -1.85. The predicted molar refractivity (Wildman–Crippen MR) is 195 cm³/mol. The van der Waals surface area contributed by atoms with Crippen molar-refractivity contribution in [3.63, 3.8) is 0 Å². The molecular weight excluding hydrogens is 662 g/mol. The van der Waals surface area contributed by atoms with Crippen LogP contribution in [0.15, 0.2) is 54.9 Å². The van der Waals surface area contributed by atoms with Gasteiger partial charge in [-0.3, -0.25) is 14.7 Å².